The third kappa shape index (κ3) is 10.2. The molecule has 0 saturated carbocycles. The Morgan fingerprint density at radius 2 is 1.90 bits per heavy atom. The van der Waals surface area contributed by atoms with Gasteiger partial charge in [-0.05, 0) is 0 Å². The predicted molar refractivity (Wildman–Crippen MR) is 61.5 cm³/mol. The summed E-state index contributed by atoms with van der Waals surface area (Å²) in [5.41, 5.74) is 0. The molecule has 1 rings (SSSR count). The Labute approximate surface area is 96.8 Å². The third-order valence-electron chi connectivity index (χ3n) is 0.706. The first kappa shape index (κ1) is 12.2. The van der Waals surface area contributed by atoms with Gasteiger partial charge < -0.3 is 10.4 Å². The summed E-state index contributed by atoms with van der Waals surface area (Å²) in [7, 11) is 0. The zero-order chi connectivity index (χ0) is 8.15. The molecule has 60 valence electrons. The average molecular weight is 519 g/mol. The standard InChI is InChI=1S/C3H5NO2.3HI.V/c5-3(6)2-1-4-2;;;;/h2,4H,1H2,(H,5,6);3*1H;/q;;;;+3/p-3. The zero-order valence-corrected chi connectivity index (χ0v) is 12.6. The van der Waals surface area contributed by atoms with Crippen LogP contribution in [0.3, 0.4) is 0 Å². The third-order valence-corrected chi connectivity index (χ3v) is 0.706. The summed E-state index contributed by atoms with van der Waals surface area (Å²) in [5.74, 6) is -0.741. The number of nitrogens with one attached hydrogen (secondary N) is 1. The molecule has 0 bridgehead atoms. The summed E-state index contributed by atoms with van der Waals surface area (Å²) < 4.78 is 0. The SMILES string of the molecule is O=C(O)C1CN1.[I][V]([I])[I]. The zero-order valence-electron chi connectivity index (χ0n) is 4.72. The fourth-order valence-electron chi connectivity index (χ4n) is 0.234. The van der Waals surface area contributed by atoms with Crippen molar-refractivity contribution in [2.75, 3.05) is 6.54 Å². The van der Waals surface area contributed by atoms with Crippen LogP contribution in [0, 0.1) is 0 Å². The van der Waals surface area contributed by atoms with E-state index < -0.39 is 5.97 Å². The molecule has 1 unspecified atom stereocenters. The Hall–Kier alpha value is 2.20. The van der Waals surface area contributed by atoms with E-state index in [9.17, 15) is 4.79 Å². The number of halogens is 3. The molecule has 1 heterocycles. The van der Waals surface area contributed by atoms with Gasteiger partial charge in [-0.3, -0.25) is 4.79 Å². The van der Waals surface area contributed by atoms with Crippen LogP contribution in [0.2, 0.25) is 0 Å². The fourth-order valence-corrected chi connectivity index (χ4v) is 0.234. The van der Waals surface area contributed by atoms with E-state index in [2.05, 4.69) is 65.3 Å². The molecule has 1 saturated heterocycles. The summed E-state index contributed by atoms with van der Waals surface area (Å²) in [5, 5.41) is 10.6. The Bertz CT molecular complexity index is 116. The normalized spacial score (nSPS) is 21.4. The van der Waals surface area contributed by atoms with Gasteiger partial charge >= 0.3 is 70.8 Å². The van der Waals surface area contributed by atoms with Crippen molar-refractivity contribution in [1.82, 2.24) is 5.32 Å². The first-order valence-electron chi connectivity index (χ1n) is 2.27. The Morgan fingerprint density at radius 3 is 1.90 bits per heavy atom. The number of hydrogen-bond donors (Lipinski definition) is 2. The molecule has 7 heteroatoms. The minimum absolute atomic E-state index is 0.231. The molecule has 0 aliphatic carbocycles. The summed E-state index contributed by atoms with van der Waals surface area (Å²) in [6.45, 7) is 0.648. The maximum atomic E-state index is 9.70. The number of hydrogen-bond acceptors (Lipinski definition) is 2. The molecule has 0 aromatic carbocycles. The van der Waals surface area contributed by atoms with Crippen molar-refractivity contribution >= 4 is 65.9 Å². The van der Waals surface area contributed by atoms with Crippen LogP contribution in [0.15, 0.2) is 0 Å². The van der Waals surface area contributed by atoms with Gasteiger partial charge in [-0.2, -0.15) is 0 Å². The summed E-state index contributed by atoms with van der Waals surface area (Å²) in [6, 6.07) is -0.231. The van der Waals surface area contributed by atoms with Gasteiger partial charge in [-0.25, -0.2) is 0 Å². The number of rotatable bonds is 1. The topological polar surface area (TPSA) is 59.2 Å². The van der Waals surface area contributed by atoms with Crippen LogP contribution < -0.4 is 5.32 Å². The molecule has 0 spiro atoms. The van der Waals surface area contributed by atoms with E-state index in [1.54, 1.807) is 0 Å². The monoisotopic (exact) mass is 519 g/mol. The van der Waals surface area contributed by atoms with Crippen LogP contribution in [0.25, 0.3) is 0 Å². The van der Waals surface area contributed by atoms with Gasteiger partial charge in [0.15, 0.2) is 0 Å². The average Bonchev–Trinajstić information content (AvgIpc) is 2.38. The van der Waals surface area contributed by atoms with Gasteiger partial charge in [0.1, 0.15) is 6.04 Å². The van der Waals surface area contributed by atoms with Crippen molar-refractivity contribution < 1.29 is 14.8 Å². The summed E-state index contributed by atoms with van der Waals surface area (Å²) in [6.07, 6.45) is 0. The molecule has 2 N–H and O–H groups in total. The second-order valence-corrected chi connectivity index (χ2v) is 36.9. The van der Waals surface area contributed by atoms with Crippen LogP contribution in [0.1, 0.15) is 0 Å². The molecule has 1 aliphatic rings. The van der Waals surface area contributed by atoms with E-state index in [1.807, 2.05) is 0 Å². The van der Waals surface area contributed by atoms with Gasteiger partial charge in [0, 0.05) is 6.54 Å². The molecule has 1 fully saturated rings. The van der Waals surface area contributed by atoms with Crippen molar-refractivity contribution in [2.45, 2.75) is 6.04 Å². The molecule has 0 aromatic heterocycles. The second kappa shape index (κ2) is 6.69. The van der Waals surface area contributed by atoms with Gasteiger partial charge in [0.2, 0.25) is 0 Å². The number of aliphatic carboxylic acids is 1. The van der Waals surface area contributed by atoms with Crippen molar-refractivity contribution in [3.8, 4) is 0 Å². The first-order chi connectivity index (χ1) is 4.54. The molecule has 1 atom stereocenters. The van der Waals surface area contributed by atoms with Crippen molar-refractivity contribution in [3.63, 3.8) is 0 Å². The predicted octanol–water partition coefficient (Wildman–Crippen LogP) is 1.70. The van der Waals surface area contributed by atoms with Crippen LogP contribution >= 0.6 is 59.9 Å². The van der Waals surface area contributed by atoms with Gasteiger partial charge in [-0.1, -0.05) is 0 Å². The minimum atomic E-state index is -0.741. The molecular weight excluding hydrogens is 514 g/mol. The number of carboxylic acid groups (broad SMARTS) is 1. The van der Waals surface area contributed by atoms with Crippen molar-refractivity contribution in [3.05, 3.63) is 0 Å². The summed E-state index contributed by atoms with van der Waals surface area (Å²) in [4.78, 5) is 9.42. The number of carboxylic acids is 1. The van der Waals surface area contributed by atoms with E-state index in [0.29, 0.717) is 6.54 Å². The van der Waals surface area contributed by atoms with Gasteiger partial charge in [0.05, 0.1) is 0 Å². The van der Waals surface area contributed by atoms with Crippen molar-refractivity contribution in [2.24, 2.45) is 0 Å². The van der Waals surface area contributed by atoms with E-state index in [-0.39, 0.29) is 11.0 Å². The van der Waals surface area contributed by atoms with E-state index in [1.165, 1.54) is 0 Å². The molecule has 3 nitrogen and oxygen atoms in total. The fraction of sp³-hybridized carbons (Fsp3) is 0.667. The van der Waals surface area contributed by atoms with Crippen LogP contribution in [-0.2, 0) is 9.72 Å². The van der Waals surface area contributed by atoms with E-state index in [0.717, 1.165) is 0 Å². The van der Waals surface area contributed by atoms with E-state index >= 15 is 0 Å². The summed E-state index contributed by atoms with van der Waals surface area (Å²) >= 11 is 7.39. The molecule has 1 aliphatic heterocycles. The Balaban J connectivity index is 0.000000180. The van der Waals surface area contributed by atoms with E-state index in [4.69, 9.17) is 5.11 Å². The second-order valence-electron chi connectivity index (χ2n) is 1.49. The number of carbonyl (C=O) groups is 1. The van der Waals surface area contributed by atoms with Gasteiger partial charge in [0.25, 0.3) is 0 Å². The molecular formula is C3H5I3NO2V. The molecule has 10 heavy (non-hydrogen) atoms. The molecule has 0 radical (unpaired) electrons. The van der Waals surface area contributed by atoms with Crippen LogP contribution in [0.5, 0.6) is 0 Å². The van der Waals surface area contributed by atoms with Crippen LogP contribution in [0.4, 0.5) is 0 Å². The maximum absolute atomic E-state index is 9.70. The first-order valence-corrected chi connectivity index (χ1v) is 15.8. The van der Waals surface area contributed by atoms with Gasteiger partial charge in [-0.15, -0.1) is 0 Å². The quantitative estimate of drug-likeness (QED) is 0.411. The van der Waals surface area contributed by atoms with Crippen LogP contribution in [-0.4, -0.2) is 23.7 Å². The molecule has 0 amide bonds. The molecule has 0 aromatic rings. The Kier molecular flexibility index (Phi) is 8.17. The Morgan fingerprint density at radius 1 is 1.60 bits per heavy atom. The van der Waals surface area contributed by atoms with Crippen molar-refractivity contribution in [1.29, 1.82) is 0 Å².